The lowest BCUT2D eigenvalue weighted by molar-refractivity contribution is 0.0173. The summed E-state index contributed by atoms with van der Waals surface area (Å²) >= 11 is 0. The highest BCUT2D eigenvalue weighted by atomic mass is 19.3. The summed E-state index contributed by atoms with van der Waals surface area (Å²) < 4.78 is 34.3. The Morgan fingerprint density at radius 2 is 1.49 bits per heavy atom. The van der Waals surface area contributed by atoms with Crippen LogP contribution < -0.4 is 4.74 Å². The van der Waals surface area contributed by atoms with E-state index < -0.39 is 5.92 Å². The predicted octanol–water partition coefficient (Wildman–Crippen LogP) is 9.51. The number of benzene rings is 4. The van der Waals surface area contributed by atoms with Crippen LogP contribution in [0.3, 0.4) is 0 Å². The molecule has 1 nitrogen and oxygen atoms in total. The van der Waals surface area contributed by atoms with Crippen molar-refractivity contribution < 1.29 is 13.5 Å². The maximum Gasteiger partial charge on any atom is 0.270 e. The number of hydrogen-bond acceptors (Lipinski definition) is 1. The zero-order chi connectivity index (χ0) is 26.4. The van der Waals surface area contributed by atoms with Crippen molar-refractivity contribution in [1.29, 1.82) is 0 Å². The van der Waals surface area contributed by atoms with Gasteiger partial charge in [-0.2, -0.15) is 0 Å². The van der Waals surface area contributed by atoms with E-state index in [1.165, 1.54) is 39.9 Å². The topological polar surface area (TPSA) is 9.23 Å². The highest BCUT2D eigenvalue weighted by Crippen LogP contribution is 2.35. The monoisotopic (exact) mass is 496 g/mol. The van der Waals surface area contributed by atoms with E-state index in [-0.39, 0.29) is 5.56 Å². The van der Waals surface area contributed by atoms with Crippen molar-refractivity contribution in [3.05, 3.63) is 142 Å². The van der Waals surface area contributed by atoms with Gasteiger partial charge in [0, 0.05) is 18.9 Å². The maximum atomic E-state index is 14.1. The van der Waals surface area contributed by atoms with Gasteiger partial charge in [0.1, 0.15) is 11.5 Å². The number of hydrogen-bond donors (Lipinski definition) is 0. The summed E-state index contributed by atoms with van der Waals surface area (Å²) in [6.07, 6.45) is 5.38. The Bertz CT molecular complexity index is 1370. The van der Waals surface area contributed by atoms with Gasteiger partial charge in [-0.15, -0.1) is 6.58 Å². The number of allylic oxidation sites excluding steroid dienone is 1. The highest BCUT2D eigenvalue weighted by molar-refractivity contribution is 5.46. The van der Waals surface area contributed by atoms with Crippen LogP contribution in [0, 0.1) is 13.8 Å². The fourth-order valence-corrected chi connectivity index (χ4v) is 4.70. The van der Waals surface area contributed by atoms with Crippen LogP contribution in [0.2, 0.25) is 0 Å². The molecule has 0 radical (unpaired) electrons. The number of alkyl halides is 2. The quantitative estimate of drug-likeness (QED) is 0.199. The summed E-state index contributed by atoms with van der Waals surface area (Å²) in [5, 5.41) is 0. The molecule has 0 heterocycles. The van der Waals surface area contributed by atoms with E-state index in [0.717, 1.165) is 37.3 Å². The third-order valence-electron chi connectivity index (χ3n) is 6.57. The second-order valence-corrected chi connectivity index (χ2v) is 9.89. The molecule has 4 aromatic rings. The Balaban J connectivity index is 1.60. The van der Waals surface area contributed by atoms with Gasteiger partial charge in [-0.1, -0.05) is 78.4 Å². The van der Waals surface area contributed by atoms with Crippen molar-refractivity contribution in [2.75, 3.05) is 0 Å². The van der Waals surface area contributed by atoms with Gasteiger partial charge in [0.25, 0.3) is 5.92 Å². The Morgan fingerprint density at radius 3 is 2.16 bits per heavy atom. The minimum atomic E-state index is -2.94. The molecule has 0 aliphatic carbocycles. The Morgan fingerprint density at radius 1 is 0.784 bits per heavy atom. The average molecular weight is 497 g/mol. The van der Waals surface area contributed by atoms with Crippen LogP contribution >= 0.6 is 0 Å². The van der Waals surface area contributed by atoms with Crippen molar-refractivity contribution in [2.45, 2.75) is 52.4 Å². The first-order valence-corrected chi connectivity index (χ1v) is 12.7. The van der Waals surface area contributed by atoms with Gasteiger partial charge in [0.15, 0.2) is 0 Å². The van der Waals surface area contributed by atoms with Crippen LogP contribution in [-0.4, -0.2) is 0 Å². The molecular formula is C34H34F2O. The first-order chi connectivity index (χ1) is 17.7. The van der Waals surface area contributed by atoms with Crippen LogP contribution in [0.5, 0.6) is 11.5 Å². The molecule has 37 heavy (non-hydrogen) atoms. The van der Waals surface area contributed by atoms with Crippen molar-refractivity contribution in [2.24, 2.45) is 0 Å². The fraction of sp³-hybridized carbons (Fsp3) is 0.235. The smallest absolute Gasteiger partial charge is 0.270 e. The summed E-state index contributed by atoms with van der Waals surface area (Å²) in [6, 6.07) is 27.3. The number of aryl methyl sites for hydroxylation is 3. The molecule has 0 N–H and O–H groups in total. The van der Waals surface area contributed by atoms with Crippen LogP contribution in [0.25, 0.3) is 0 Å². The third kappa shape index (κ3) is 7.16. The van der Waals surface area contributed by atoms with E-state index >= 15 is 0 Å². The Hall–Kier alpha value is -3.72. The van der Waals surface area contributed by atoms with E-state index in [9.17, 15) is 8.78 Å². The van der Waals surface area contributed by atoms with Crippen LogP contribution in [0.4, 0.5) is 8.78 Å². The Labute approximate surface area is 219 Å². The number of para-hydroxylation sites is 1. The van der Waals surface area contributed by atoms with Crippen molar-refractivity contribution >= 4 is 0 Å². The maximum absolute atomic E-state index is 14.1. The third-order valence-corrected chi connectivity index (χ3v) is 6.57. The highest BCUT2D eigenvalue weighted by Gasteiger charge is 2.25. The summed E-state index contributed by atoms with van der Waals surface area (Å²) in [6.45, 7) is 9.00. The minimum Gasteiger partial charge on any atom is -0.457 e. The van der Waals surface area contributed by atoms with Crippen molar-refractivity contribution in [3.8, 4) is 11.5 Å². The van der Waals surface area contributed by atoms with Gasteiger partial charge >= 0.3 is 0 Å². The summed E-state index contributed by atoms with van der Waals surface area (Å²) in [5.41, 5.74) is 8.30. The molecule has 190 valence electrons. The molecule has 4 rings (SSSR count). The van der Waals surface area contributed by atoms with Gasteiger partial charge in [0.05, 0.1) is 0 Å². The molecule has 0 saturated heterocycles. The van der Waals surface area contributed by atoms with E-state index in [2.05, 4.69) is 56.8 Å². The van der Waals surface area contributed by atoms with Crippen molar-refractivity contribution in [1.82, 2.24) is 0 Å². The summed E-state index contributed by atoms with van der Waals surface area (Å²) in [4.78, 5) is 0. The lowest BCUT2D eigenvalue weighted by Crippen LogP contribution is -2.08. The molecule has 0 amide bonds. The zero-order valence-corrected chi connectivity index (χ0v) is 21.9. The lowest BCUT2D eigenvalue weighted by atomic mass is 9.94. The molecule has 0 spiro atoms. The number of rotatable bonds is 10. The molecule has 0 atom stereocenters. The van der Waals surface area contributed by atoms with Gasteiger partial charge in [-0.3, -0.25) is 0 Å². The van der Waals surface area contributed by atoms with Crippen LogP contribution in [0.15, 0.2) is 97.6 Å². The van der Waals surface area contributed by atoms with Crippen molar-refractivity contribution in [3.63, 3.8) is 0 Å². The summed E-state index contributed by atoms with van der Waals surface area (Å²) in [5.74, 6) is -1.86. The van der Waals surface area contributed by atoms with Gasteiger partial charge in [-0.05, 0) is 84.7 Å². The lowest BCUT2D eigenvalue weighted by Gasteiger charge is -2.17. The molecule has 0 saturated carbocycles. The zero-order valence-electron chi connectivity index (χ0n) is 21.9. The molecule has 0 bridgehead atoms. The first-order valence-electron chi connectivity index (χ1n) is 12.7. The van der Waals surface area contributed by atoms with Crippen LogP contribution in [0.1, 0.15) is 57.9 Å². The minimum absolute atomic E-state index is 0.0565. The van der Waals surface area contributed by atoms with Gasteiger partial charge in [-0.25, -0.2) is 8.78 Å². The largest absolute Gasteiger partial charge is 0.457 e. The molecule has 0 unspecified atom stereocenters. The fourth-order valence-electron chi connectivity index (χ4n) is 4.70. The van der Waals surface area contributed by atoms with Crippen LogP contribution in [-0.2, 0) is 25.2 Å². The number of ether oxygens (including phenoxy) is 1. The standard InChI is InChI=1S/C34H34F2O/c1-5-6-10-29-14-13-26(19-25(29)3)20-27-17-24(2)18-28(21-27)22-30-15-16-31(34(4,35)36)23-33(30)37-32-11-8-7-9-12-32/h5,7-9,11-19,21,23H,1,6,10,20,22H2,2-4H3. The molecule has 0 aliphatic heterocycles. The van der Waals surface area contributed by atoms with E-state index in [1.807, 2.05) is 36.4 Å². The van der Waals surface area contributed by atoms with E-state index in [4.69, 9.17) is 4.74 Å². The normalized spacial score (nSPS) is 11.4. The van der Waals surface area contributed by atoms with E-state index in [0.29, 0.717) is 17.9 Å². The van der Waals surface area contributed by atoms with E-state index in [1.54, 1.807) is 6.07 Å². The SMILES string of the molecule is C=CCCc1ccc(Cc2cc(C)cc(Cc3ccc(C(C)(F)F)cc3Oc3ccccc3)c2)cc1C. The molecule has 0 aromatic heterocycles. The van der Waals surface area contributed by atoms with Gasteiger partial charge < -0.3 is 4.74 Å². The second-order valence-electron chi connectivity index (χ2n) is 9.89. The molecule has 0 aliphatic rings. The molecular weight excluding hydrogens is 462 g/mol. The summed E-state index contributed by atoms with van der Waals surface area (Å²) in [7, 11) is 0. The molecule has 4 aromatic carbocycles. The average Bonchev–Trinajstić information content (AvgIpc) is 2.84. The second kappa shape index (κ2) is 11.6. The number of halogens is 2. The Kier molecular flexibility index (Phi) is 8.23. The van der Waals surface area contributed by atoms with Gasteiger partial charge in [0.2, 0.25) is 0 Å². The molecule has 0 fully saturated rings. The first kappa shape index (κ1) is 26.3. The molecule has 3 heteroatoms. The predicted molar refractivity (Wildman–Crippen MR) is 149 cm³/mol.